The molecule has 0 spiro atoms. The highest BCUT2D eigenvalue weighted by Crippen LogP contribution is 2.66. The Hall–Kier alpha value is -0.340. The summed E-state index contributed by atoms with van der Waals surface area (Å²) >= 11 is 0. The van der Waals surface area contributed by atoms with E-state index < -0.39 is 5.60 Å². The lowest BCUT2D eigenvalue weighted by atomic mass is 9.46. The predicted octanol–water partition coefficient (Wildman–Crippen LogP) is 3.82. The molecule has 0 aromatic heterocycles. The molecule has 0 radical (unpaired) electrons. The Morgan fingerprint density at radius 1 is 1.05 bits per heavy atom. The Kier molecular flexibility index (Phi) is 2.96. The summed E-state index contributed by atoms with van der Waals surface area (Å²) in [5.74, 6) is 1.07. The van der Waals surface area contributed by atoms with E-state index in [2.05, 4.69) is 19.9 Å². The van der Waals surface area contributed by atoms with Gasteiger partial charge in [0.25, 0.3) is 0 Å². The lowest BCUT2D eigenvalue weighted by Gasteiger charge is -2.60. The van der Waals surface area contributed by atoms with E-state index in [0.29, 0.717) is 11.8 Å². The van der Waals surface area contributed by atoms with Crippen molar-refractivity contribution in [2.75, 3.05) is 0 Å². The summed E-state index contributed by atoms with van der Waals surface area (Å²) in [6.45, 7) is 4.75. The summed E-state index contributed by atoms with van der Waals surface area (Å²) in [5.41, 5.74) is 1.45. The zero-order chi connectivity index (χ0) is 14.9. The van der Waals surface area contributed by atoms with Gasteiger partial charge < -0.3 is 10.2 Å². The molecule has 0 saturated heterocycles. The largest absolute Gasteiger partial charge is 0.393 e. The normalized spacial score (nSPS) is 56.2. The first-order chi connectivity index (χ1) is 9.89. The zero-order valence-electron chi connectivity index (χ0n) is 13.6. The number of allylic oxidation sites excluding steroid dienone is 1. The summed E-state index contributed by atoms with van der Waals surface area (Å²) in [7, 11) is 0. The van der Waals surface area contributed by atoms with Gasteiger partial charge in [0.1, 0.15) is 0 Å². The molecule has 0 bridgehead atoms. The van der Waals surface area contributed by atoms with Crippen LogP contribution in [-0.4, -0.2) is 21.9 Å². The topological polar surface area (TPSA) is 40.5 Å². The molecular weight excluding hydrogens is 260 g/mol. The molecule has 0 aromatic rings. The van der Waals surface area contributed by atoms with Crippen molar-refractivity contribution in [2.24, 2.45) is 22.7 Å². The highest BCUT2D eigenvalue weighted by atomic mass is 16.3. The molecule has 2 heteroatoms. The number of hydrogen-bond acceptors (Lipinski definition) is 2. The second-order valence-corrected chi connectivity index (χ2v) is 8.87. The van der Waals surface area contributed by atoms with E-state index >= 15 is 0 Å². The quantitative estimate of drug-likeness (QED) is 0.666. The van der Waals surface area contributed by atoms with Gasteiger partial charge in [-0.1, -0.05) is 25.5 Å². The van der Waals surface area contributed by atoms with E-state index in [1.54, 1.807) is 0 Å². The SMILES string of the molecule is CC12CCC(O)CC1=CCC1C2CCC2(C)CCCC12O. The van der Waals surface area contributed by atoms with Crippen LogP contribution in [0, 0.1) is 22.7 Å². The van der Waals surface area contributed by atoms with Gasteiger partial charge in [0.15, 0.2) is 0 Å². The monoisotopic (exact) mass is 290 g/mol. The number of hydrogen-bond donors (Lipinski definition) is 2. The van der Waals surface area contributed by atoms with Crippen LogP contribution in [0.2, 0.25) is 0 Å². The molecule has 3 fully saturated rings. The number of aliphatic hydroxyl groups excluding tert-OH is 1. The summed E-state index contributed by atoms with van der Waals surface area (Å²) < 4.78 is 0. The van der Waals surface area contributed by atoms with Gasteiger partial charge in [-0.25, -0.2) is 0 Å². The standard InChI is InChI=1S/C19H30O2/c1-17-8-3-9-19(17,21)16-5-4-13-12-14(20)6-11-18(13,2)15(16)7-10-17/h4,14-16,20-21H,3,5-12H2,1-2H3. The number of rotatable bonds is 0. The molecule has 6 atom stereocenters. The molecule has 0 aromatic carbocycles. The Bertz CT molecular complexity index is 484. The molecule has 3 saturated carbocycles. The second kappa shape index (κ2) is 4.35. The number of aliphatic hydroxyl groups is 2. The highest BCUT2D eigenvalue weighted by molar-refractivity contribution is 5.27. The summed E-state index contributed by atoms with van der Waals surface area (Å²) in [6, 6.07) is 0. The summed E-state index contributed by atoms with van der Waals surface area (Å²) in [5, 5.41) is 21.6. The molecule has 0 heterocycles. The fourth-order valence-corrected chi connectivity index (χ4v) is 6.60. The zero-order valence-corrected chi connectivity index (χ0v) is 13.6. The fourth-order valence-electron chi connectivity index (χ4n) is 6.60. The van der Waals surface area contributed by atoms with Gasteiger partial charge in [-0.2, -0.15) is 0 Å². The lowest BCUT2D eigenvalue weighted by Crippen LogP contribution is -2.59. The van der Waals surface area contributed by atoms with Crippen LogP contribution >= 0.6 is 0 Å². The molecule has 21 heavy (non-hydrogen) atoms. The molecule has 4 aliphatic rings. The van der Waals surface area contributed by atoms with Crippen LogP contribution in [0.25, 0.3) is 0 Å². The van der Waals surface area contributed by atoms with E-state index in [4.69, 9.17) is 0 Å². The third kappa shape index (κ3) is 1.72. The minimum absolute atomic E-state index is 0.135. The molecule has 4 aliphatic carbocycles. The fraction of sp³-hybridized carbons (Fsp3) is 0.895. The van der Waals surface area contributed by atoms with Crippen molar-refractivity contribution in [2.45, 2.75) is 83.3 Å². The van der Waals surface area contributed by atoms with Gasteiger partial charge in [-0.3, -0.25) is 0 Å². The Morgan fingerprint density at radius 3 is 2.67 bits per heavy atom. The molecule has 4 rings (SSSR count). The van der Waals surface area contributed by atoms with Crippen LogP contribution in [-0.2, 0) is 0 Å². The van der Waals surface area contributed by atoms with Crippen molar-refractivity contribution in [3.8, 4) is 0 Å². The van der Waals surface area contributed by atoms with E-state index in [1.807, 2.05) is 0 Å². The van der Waals surface area contributed by atoms with Crippen LogP contribution in [0.1, 0.15) is 71.6 Å². The van der Waals surface area contributed by atoms with Crippen molar-refractivity contribution in [3.05, 3.63) is 11.6 Å². The van der Waals surface area contributed by atoms with E-state index in [9.17, 15) is 10.2 Å². The maximum atomic E-state index is 11.5. The maximum Gasteiger partial charge on any atom is 0.0735 e. The molecule has 6 unspecified atom stereocenters. The molecule has 118 valence electrons. The van der Waals surface area contributed by atoms with Gasteiger partial charge in [0.2, 0.25) is 0 Å². The lowest BCUT2D eigenvalue weighted by molar-refractivity contribution is -0.168. The van der Waals surface area contributed by atoms with Crippen LogP contribution in [0.4, 0.5) is 0 Å². The average Bonchev–Trinajstić information content (AvgIpc) is 2.75. The van der Waals surface area contributed by atoms with Crippen molar-refractivity contribution in [1.82, 2.24) is 0 Å². The van der Waals surface area contributed by atoms with Crippen LogP contribution in [0.3, 0.4) is 0 Å². The van der Waals surface area contributed by atoms with Gasteiger partial charge in [-0.05, 0) is 80.5 Å². The molecule has 0 amide bonds. The second-order valence-electron chi connectivity index (χ2n) is 8.87. The van der Waals surface area contributed by atoms with E-state index in [-0.39, 0.29) is 16.9 Å². The Labute approximate surface area is 128 Å². The van der Waals surface area contributed by atoms with Crippen molar-refractivity contribution >= 4 is 0 Å². The summed E-state index contributed by atoms with van der Waals surface area (Å²) in [6.07, 6.45) is 12.1. The van der Waals surface area contributed by atoms with E-state index in [1.165, 1.54) is 31.3 Å². The Balaban J connectivity index is 1.73. The third-order valence-corrected chi connectivity index (χ3v) is 8.06. The predicted molar refractivity (Wildman–Crippen MR) is 83.8 cm³/mol. The highest BCUT2D eigenvalue weighted by Gasteiger charge is 2.63. The maximum absolute atomic E-state index is 11.5. The molecule has 0 aliphatic heterocycles. The molecule has 2 nitrogen and oxygen atoms in total. The summed E-state index contributed by atoms with van der Waals surface area (Å²) in [4.78, 5) is 0. The van der Waals surface area contributed by atoms with Crippen LogP contribution in [0.15, 0.2) is 11.6 Å². The third-order valence-electron chi connectivity index (χ3n) is 8.06. The van der Waals surface area contributed by atoms with Gasteiger partial charge >= 0.3 is 0 Å². The first-order valence-electron chi connectivity index (χ1n) is 8.99. The first kappa shape index (κ1) is 14.3. The Morgan fingerprint density at radius 2 is 1.86 bits per heavy atom. The minimum Gasteiger partial charge on any atom is -0.393 e. The minimum atomic E-state index is -0.434. The van der Waals surface area contributed by atoms with Crippen molar-refractivity contribution in [1.29, 1.82) is 0 Å². The molecular formula is C19H30O2. The smallest absolute Gasteiger partial charge is 0.0735 e. The van der Waals surface area contributed by atoms with Gasteiger partial charge in [0.05, 0.1) is 11.7 Å². The van der Waals surface area contributed by atoms with Gasteiger partial charge in [-0.15, -0.1) is 0 Å². The van der Waals surface area contributed by atoms with Crippen molar-refractivity contribution < 1.29 is 10.2 Å². The van der Waals surface area contributed by atoms with Crippen molar-refractivity contribution in [3.63, 3.8) is 0 Å². The molecule has 2 N–H and O–H groups in total. The van der Waals surface area contributed by atoms with Crippen LogP contribution in [0.5, 0.6) is 0 Å². The van der Waals surface area contributed by atoms with E-state index in [0.717, 1.165) is 32.1 Å². The van der Waals surface area contributed by atoms with Gasteiger partial charge in [0, 0.05) is 0 Å². The average molecular weight is 290 g/mol. The number of fused-ring (bicyclic) bond motifs is 5. The van der Waals surface area contributed by atoms with Crippen LogP contribution < -0.4 is 0 Å². The first-order valence-corrected chi connectivity index (χ1v) is 8.99.